The van der Waals surface area contributed by atoms with Gasteiger partial charge in [0.1, 0.15) is 12.4 Å². The zero-order chi connectivity index (χ0) is 11.3. The van der Waals surface area contributed by atoms with Gasteiger partial charge in [-0.15, -0.1) is 0 Å². The first-order chi connectivity index (χ1) is 7.13. The van der Waals surface area contributed by atoms with Crippen LogP contribution in [0.1, 0.15) is 0 Å². The van der Waals surface area contributed by atoms with E-state index in [9.17, 15) is 10.1 Å². The molecule has 0 amide bonds. The topological polar surface area (TPSA) is 98.6 Å². The third-order valence-electron chi connectivity index (χ3n) is 1.75. The van der Waals surface area contributed by atoms with Crippen LogP contribution in [-0.2, 0) is 0 Å². The van der Waals surface area contributed by atoms with Crippen molar-refractivity contribution in [3.63, 3.8) is 0 Å². The van der Waals surface area contributed by atoms with E-state index >= 15 is 0 Å². The van der Waals surface area contributed by atoms with Crippen LogP contribution in [0, 0.1) is 10.1 Å². The van der Waals surface area contributed by atoms with Crippen molar-refractivity contribution in [3.05, 3.63) is 34.4 Å². The van der Waals surface area contributed by atoms with Gasteiger partial charge in [-0.05, 0) is 12.1 Å². The van der Waals surface area contributed by atoms with E-state index in [4.69, 9.17) is 15.6 Å². The monoisotopic (exact) mass is 212 g/mol. The van der Waals surface area contributed by atoms with E-state index in [0.29, 0.717) is 5.75 Å². The lowest BCUT2D eigenvalue weighted by Gasteiger charge is -2.09. The van der Waals surface area contributed by atoms with E-state index < -0.39 is 11.0 Å². The molecule has 1 rings (SSSR count). The molecule has 0 saturated heterocycles. The number of aliphatic hydroxyl groups is 1. The second-order valence-electron chi connectivity index (χ2n) is 3.00. The summed E-state index contributed by atoms with van der Waals surface area (Å²) in [6, 6.07) is 5.23. The first-order valence-electron chi connectivity index (χ1n) is 4.37. The first kappa shape index (κ1) is 11.4. The summed E-state index contributed by atoms with van der Waals surface area (Å²) in [6.45, 7) is 0.0152. The average Bonchev–Trinajstić information content (AvgIpc) is 2.26. The minimum absolute atomic E-state index is 0.00815. The summed E-state index contributed by atoms with van der Waals surface area (Å²) in [4.78, 5) is 9.85. The lowest BCUT2D eigenvalue weighted by molar-refractivity contribution is -0.384. The van der Waals surface area contributed by atoms with Crippen LogP contribution in [0.15, 0.2) is 24.3 Å². The zero-order valence-corrected chi connectivity index (χ0v) is 8.00. The summed E-state index contributed by atoms with van der Waals surface area (Å²) in [5.74, 6) is 0.490. The number of aliphatic hydroxyl groups excluding tert-OH is 1. The van der Waals surface area contributed by atoms with E-state index in [1.807, 2.05) is 0 Å². The number of hydrogen-bond acceptors (Lipinski definition) is 5. The standard InChI is InChI=1S/C9H12N2O4/c10-7(5-12)6-15-9-3-1-8(2-4-9)11(13)14/h1-4,7,12H,5-6,10H2. The van der Waals surface area contributed by atoms with Gasteiger partial charge in [-0.25, -0.2) is 0 Å². The van der Waals surface area contributed by atoms with Crippen molar-refractivity contribution in [3.8, 4) is 5.75 Å². The fourth-order valence-electron chi connectivity index (χ4n) is 0.920. The zero-order valence-electron chi connectivity index (χ0n) is 8.00. The second-order valence-corrected chi connectivity index (χ2v) is 3.00. The summed E-state index contributed by atoms with van der Waals surface area (Å²) in [5, 5.41) is 19.0. The van der Waals surface area contributed by atoms with Gasteiger partial charge in [-0.3, -0.25) is 10.1 Å². The molecule has 6 nitrogen and oxygen atoms in total. The minimum atomic E-state index is -0.483. The highest BCUT2D eigenvalue weighted by molar-refractivity contribution is 5.35. The minimum Gasteiger partial charge on any atom is -0.492 e. The number of ether oxygens (including phenoxy) is 1. The van der Waals surface area contributed by atoms with Crippen LogP contribution in [0.2, 0.25) is 0 Å². The Morgan fingerprint density at radius 1 is 1.47 bits per heavy atom. The largest absolute Gasteiger partial charge is 0.492 e. The van der Waals surface area contributed by atoms with E-state index in [1.165, 1.54) is 24.3 Å². The predicted molar refractivity (Wildman–Crippen MR) is 53.7 cm³/mol. The molecule has 6 heteroatoms. The van der Waals surface area contributed by atoms with Crippen LogP contribution in [0.3, 0.4) is 0 Å². The number of nitro benzene ring substituents is 1. The molecule has 82 valence electrons. The van der Waals surface area contributed by atoms with Gasteiger partial charge < -0.3 is 15.6 Å². The van der Waals surface area contributed by atoms with Crippen LogP contribution in [0.25, 0.3) is 0 Å². The second kappa shape index (κ2) is 5.28. The number of hydrogen-bond donors (Lipinski definition) is 2. The molecule has 1 aromatic rings. The molecule has 0 aliphatic rings. The lowest BCUT2D eigenvalue weighted by atomic mass is 10.3. The molecule has 1 atom stereocenters. The van der Waals surface area contributed by atoms with Crippen molar-refractivity contribution >= 4 is 5.69 Å². The molecule has 0 aromatic heterocycles. The fourth-order valence-corrected chi connectivity index (χ4v) is 0.920. The Labute approximate surface area is 86.4 Å². The summed E-state index contributed by atoms with van der Waals surface area (Å²) in [5.41, 5.74) is 5.42. The van der Waals surface area contributed by atoms with E-state index in [1.54, 1.807) is 0 Å². The maximum absolute atomic E-state index is 10.3. The summed E-state index contributed by atoms with van der Waals surface area (Å²) in [7, 11) is 0. The van der Waals surface area contributed by atoms with Gasteiger partial charge in [0.15, 0.2) is 0 Å². The number of nitrogens with two attached hydrogens (primary N) is 1. The molecule has 0 saturated carbocycles. The highest BCUT2D eigenvalue weighted by atomic mass is 16.6. The predicted octanol–water partition coefficient (Wildman–Crippen LogP) is 0.293. The number of non-ortho nitro benzene ring substituents is 1. The highest BCUT2D eigenvalue weighted by Gasteiger charge is 2.05. The summed E-state index contributed by atoms with van der Waals surface area (Å²) in [6.07, 6.45) is 0. The molecule has 3 N–H and O–H groups in total. The maximum atomic E-state index is 10.3. The van der Waals surface area contributed by atoms with Crippen LogP contribution in [0.4, 0.5) is 5.69 Å². The Kier molecular flexibility index (Phi) is 4.02. The molecule has 0 aliphatic carbocycles. The fraction of sp³-hybridized carbons (Fsp3) is 0.333. The smallest absolute Gasteiger partial charge is 0.269 e. The average molecular weight is 212 g/mol. The van der Waals surface area contributed by atoms with E-state index in [-0.39, 0.29) is 18.9 Å². The van der Waals surface area contributed by atoms with E-state index in [2.05, 4.69) is 0 Å². The van der Waals surface area contributed by atoms with Crippen molar-refractivity contribution in [2.75, 3.05) is 13.2 Å². The molecule has 1 unspecified atom stereocenters. The number of rotatable bonds is 5. The van der Waals surface area contributed by atoms with Crippen molar-refractivity contribution < 1.29 is 14.8 Å². The van der Waals surface area contributed by atoms with Crippen LogP contribution < -0.4 is 10.5 Å². The molecule has 0 bridgehead atoms. The quantitative estimate of drug-likeness (QED) is 0.540. The van der Waals surface area contributed by atoms with Crippen LogP contribution in [-0.4, -0.2) is 29.3 Å². The normalized spacial score (nSPS) is 12.1. The van der Waals surface area contributed by atoms with E-state index in [0.717, 1.165) is 0 Å². The van der Waals surface area contributed by atoms with Gasteiger partial charge in [0.05, 0.1) is 17.6 Å². The van der Waals surface area contributed by atoms with Crippen molar-refractivity contribution in [1.82, 2.24) is 0 Å². The molecule has 1 aromatic carbocycles. The summed E-state index contributed by atoms with van der Waals surface area (Å²) < 4.78 is 5.19. The van der Waals surface area contributed by atoms with Crippen molar-refractivity contribution in [1.29, 1.82) is 0 Å². The van der Waals surface area contributed by atoms with Gasteiger partial charge >= 0.3 is 0 Å². The molecular formula is C9H12N2O4. The number of nitro groups is 1. The van der Waals surface area contributed by atoms with Gasteiger partial charge in [0.25, 0.3) is 5.69 Å². The van der Waals surface area contributed by atoms with Gasteiger partial charge in [0.2, 0.25) is 0 Å². The molecule has 0 spiro atoms. The van der Waals surface area contributed by atoms with Gasteiger partial charge in [-0.1, -0.05) is 0 Å². The Morgan fingerprint density at radius 3 is 2.53 bits per heavy atom. The number of benzene rings is 1. The lowest BCUT2D eigenvalue weighted by Crippen LogP contribution is -2.31. The Morgan fingerprint density at radius 2 is 2.07 bits per heavy atom. The van der Waals surface area contributed by atoms with Crippen LogP contribution >= 0.6 is 0 Å². The summed E-state index contributed by atoms with van der Waals surface area (Å²) >= 11 is 0. The van der Waals surface area contributed by atoms with Gasteiger partial charge in [-0.2, -0.15) is 0 Å². The van der Waals surface area contributed by atoms with Crippen molar-refractivity contribution in [2.45, 2.75) is 6.04 Å². The molecular weight excluding hydrogens is 200 g/mol. The van der Waals surface area contributed by atoms with Crippen LogP contribution in [0.5, 0.6) is 5.75 Å². The highest BCUT2D eigenvalue weighted by Crippen LogP contribution is 2.17. The SMILES string of the molecule is NC(CO)COc1ccc([N+](=O)[O-])cc1. The molecule has 0 aliphatic heterocycles. The molecule has 0 heterocycles. The number of nitrogens with zero attached hydrogens (tertiary/aromatic N) is 1. The Balaban J connectivity index is 2.53. The third-order valence-corrected chi connectivity index (χ3v) is 1.75. The first-order valence-corrected chi connectivity index (χ1v) is 4.37. The maximum Gasteiger partial charge on any atom is 0.269 e. The third kappa shape index (κ3) is 3.53. The Hall–Kier alpha value is -1.66. The Bertz CT molecular complexity index is 325. The van der Waals surface area contributed by atoms with Gasteiger partial charge in [0, 0.05) is 12.1 Å². The molecule has 0 radical (unpaired) electrons. The molecule has 15 heavy (non-hydrogen) atoms. The molecule has 0 fully saturated rings. The van der Waals surface area contributed by atoms with Crippen molar-refractivity contribution in [2.24, 2.45) is 5.73 Å².